The largest absolute Gasteiger partial charge is 0.449 e. The highest BCUT2D eigenvalue weighted by molar-refractivity contribution is 6.09. The molecule has 4 heteroatoms. The monoisotopic (exact) mass is 908 g/mol. The van der Waals surface area contributed by atoms with Crippen LogP contribution in [-0.2, 0) is 5.41 Å². The fourth-order valence-corrected chi connectivity index (χ4v) is 11.4. The van der Waals surface area contributed by atoms with Crippen LogP contribution in [0, 0.1) is 0 Å². The van der Waals surface area contributed by atoms with E-state index in [4.69, 9.17) is 9.47 Å². The lowest BCUT2D eigenvalue weighted by molar-refractivity contribution is 0.360. The van der Waals surface area contributed by atoms with Gasteiger partial charge in [-0.2, -0.15) is 0 Å². The molecule has 2 aliphatic rings. The SMILES string of the molecule is c1ccc(-c2ccc(N(c3ccc(-n4c5ccccc5c5ccccc54)cc3)c3ccc(C4(c5ccc(-c6ccccc6)cc5)c5ccccc5-c5c4ccc4c5Oc5ccccc5O4)cc3)cc2)cc1. The highest BCUT2D eigenvalue weighted by Gasteiger charge is 2.48. The predicted molar refractivity (Wildman–Crippen MR) is 290 cm³/mol. The van der Waals surface area contributed by atoms with Crippen LogP contribution in [0.15, 0.2) is 267 Å². The van der Waals surface area contributed by atoms with Crippen molar-refractivity contribution < 1.29 is 9.47 Å². The van der Waals surface area contributed by atoms with Crippen molar-refractivity contribution in [1.29, 1.82) is 0 Å². The van der Waals surface area contributed by atoms with Crippen LogP contribution in [0.4, 0.5) is 17.1 Å². The third-order valence-electron chi connectivity index (χ3n) is 14.6. The molecule has 1 unspecified atom stereocenters. The molecule has 1 aromatic heterocycles. The van der Waals surface area contributed by atoms with Gasteiger partial charge >= 0.3 is 0 Å². The molecule has 0 saturated carbocycles. The fourth-order valence-electron chi connectivity index (χ4n) is 11.4. The quantitative estimate of drug-likeness (QED) is 0.152. The van der Waals surface area contributed by atoms with E-state index in [0.717, 1.165) is 50.8 Å². The Morgan fingerprint density at radius 1 is 0.324 bits per heavy atom. The smallest absolute Gasteiger partial charge is 0.178 e. The summed E-state index contributed by atoms with van der Waals surface area (Å²) in [5.41, 5.74) is 17.5. The van der Waals surface area contributed by atoms with Gasteiger partial charge in [-0.1, -0.05) is 188 Å². The highest BCUT2D eigenvalue weighted by atomic mass is 16.6. The molecule has 4 nitrogen and oxygen atoms in total. The first-order valence-electron chi connectivity index (χ1n) is 24.2. The van der Waals surface area contributed by atoms with Crippen LogP contribution in [0.25, 0.3) is 60.9 Å². The second kappa shape index (κ2) is 16.4. The number of nitrogens with zero attached hydrogens (tertiary/aromatic N) is 2. The van der Waals surface area contributed by atoms with Gasteiger partial charge in [0.2, 0.25) is 0 Å². The zero-order valence-corrected chi connectivity index (χ0v) is 38.6. The maximum absolute atomic E-state index is 6.85. The molecule has 0 spiro atoms. The molecule has 1 aliphatic carbocycles. The van der Waals surface area contributed by atoms with E-state index in [2.05, 4.69) is 252 Å². The van der Waals surface area contributed by atoms with E-state index >= 15 is 0 Å². The molecule has 2 heterocycles. The summed E-state index contributed by atoms with van der Waals surface area (Å²) in [5, 5.41) is 2.49. The Balaban J connectivity index is 0.933. The number of aromatic nitrogens is 1. The average molecular weight is 909 g/mol. The lowest BCUT2D eigenvalue weighted by atomic mass is 9.67. The Morgan fingerprint density at radius 3 is 1.38 bits per heavy atom. The summed E-state index contributed by atoms with van der Waals surface area (Å²) in [5.74, 6) is 2.87. The molecule has 1 aliphatic heterocycles. The second-order valence-electron chi connectivity index (χ2n) is 18.4. The van der Waals surface area contributed by atoms with Crippen LogP contribution >= 0.6 is 0 Å². The molecule has 0 amide bonds. The number of ether oxygens (including phenoxy) is 2. The molecule has 334 valence electrons. The van der Waals surface area contributed by atoms with Gasteiger partial charge in [-0.15, -0.1) is 0 Å². The number of rotatable bonds is 8. The standard InChI is InChI=1S/C67H44N2O2/c1-3-15-45(16-4-1)47-27-31-49(32-28-47)67(58-22-10-7-21-57(58)65-59(67)43-44-64-66(65)71-63-26-14-13-25-62(63)70-64)50-33-37-52(38-34-50)68(51-35-29-48(30-36-51)46-17-5-2-6-18-46)53-39-41-54(42-40-53)69-60-23-11-8-19-55(60)56-20-9-12-24-61(56)69/h1-44H. The molecule has 71 heavy (non-hydrogen) atoms. The average Bonchev–Trinajstić information content (AvgIpc) is 3.95. The van der Waals surface area contributed by atoms with E-state index in [1.165, 1.54) is 55.2 Å². The Labute approximate surface area is 412 Å². The van der Waals surface area contributed by atoms with E-state index in [1.54, 1.807) is 0 Å². The molecule has 0 fully saturated rings. The number of anilines is 3. The van der Waals surface area contributed by atoms with Gasteiger partial charge < -0.3 is 18.9 Å². The number of hydrogen-bond acceptors (Lipinski definition) is 3. The minimum absolute atomic E-state index is 0.693. The summed E-state index contributed by atoms with van der Waals surface area (Å²) in [4.78, 5) is 2.37. The van der Waals surface area contributed by atoms with Crippen LogP contribution in [0.2, 0.25) is 0 Å². The molecule has 0 bridgehead atoms. The van der Waals surface area contributed by atoms with Crippen LogP contribution in [-0.4, -0.2) is 4.57 Å². The summed E-state index contributed by atoms with van der Waals surface area (Å²) in [6, 6.07) is 95.9. The zero-order chi connectivity index (χ0) is 46.9. The topological polar surface area (TPSA) is 26.6 Å². The minimum Gasteiger partial charge on any atom is -0.449 e. The summed E-state index contributed by atoms with van der Waals surface area (Å²) in [6.07, 6.45) is 0. The van der Waals surface area contributed by atoms with E-state index in [1.807, 2.05) is 24.3 Å². The van der Waals surface area contributed by atoms with E-state index < -0.39 is 5.41 Å². The van der Waals surface area contributed by atoms with E-state index in [9.17, 15) is 0 Å². The highest BCUT2D eigenvalue weighted by Crippen LogP contribution is 2.62. The Hall–Kier alpha value is -9.38. The van der Waals surface area contributed by atoms with Crippen molar-refractivity contribution in [3.05, 3.63) is 289 Å². The van der Waals surface area contributed by atoms with Crippen LogP contribution in [0.1, 0.15) is 22.3 Å². The first-order valence-corrected chi connectivity index (χ1v) is 24.2. The first-order chi connectivity index (χ1) is 35.2. The van der Waals surface area contributed by atoms with Crippen molar-refractivity contribution in [2.75, 3.05) is 4.90 Å². The summed E-state index contributed by atoms with van der Waals surface area (Å²) in [7, 11) is 0. The maximum Gasteiger partial charge on any atom is 0.178 e. The summed E-state index contributed by atoms with van der Waals surface area (Å²) < 4.78 is 15.8. The molecule has 0 N–H and O–H groups in total. The molecule has 0 saturated heterocycles. The van der Waals surface area contributed by atoms with Gasteiger partial charge in [0.1, 0.15) is 0 Å². The van der Waals surface area contributed by atoms with E-state index in [-0.39, 0.29) is 0 Å². The predicted octanol–water partition coefficient (Wildman–Crippen LogP) is 17.8. The van der Waals surface area contributed by atoms with Crippen LogP contribution < -0.4 is 14.4 Å². The lowest BCUT2D eigenvalue weighted by Gasteiger charge is -2.35. The van der Waals surface area contributed by atoms with Crippen LogP contribution in [0.3, 0.4) is 0 Å². The van der Waals surface area contributed by atoms with Gasteiger partial charge in [-0.3, -0.25) is 0 Å². The third-order valence-corrected chi connectivity index (χ3v) is 14.6. The molecule has 0 radical (unpaired) electrons. The molecule has 12 aromatic rings. The fraction of sp³-hybridized carbons (Fsp3) is 0.0149. The number of para-hydroxylation sites is 4. The first kappa shape index (κ1) is 40.7. The number of fused-ring (bicyclic) bond motifs is 9. The van der Waals surface area contributed by atoms with Crippen molar-refractivity contribution in [2.24, 2.45) is 0 Å². The Bertz CT molecular complexity index is 3900. The van der Waals surface area contributed by atoms with Crippen molar-refractivity contribution >= 4 is 38.9 Å². The summed E-state index contributed by atoms with van der Waals surface area (Å²) in [6.45, 7) is 0. The van der Waals surface area contributed by atoms with Crippen molar-refractivity contribution in [2.45, 2.75) is 5.41 Å². The Morgan fingerprint density at radius 2 is 0.775 bits per heavy atom. The molecule has 11 aromatic carbocycles. The van der Waals surface area contributed by atoms with Gasteiger partial charge in [0.05, 0.1) is 16.4 Å². The Kier molecular flexibility index (Phi) is 9.39. The number of benzene rings is 11. The third kappa shape index (κ3) is 6.46. The minimum atomic E-state index is -0.693. The molecule has 14 rings (SSSR count). The van der Waals surface area contributed by atoms with Crippen molar-refractivity contribution in [1.82, 2.24) is 4.57 Å². The normalized spacial score (nSPS) is 14.2. The maximum atomic E-state index is 6.85. The van der Waals surface area contributed by atoms with E-state index in [0.29, 0.717) is 17.2 Å². The van der Waals surface area contributed by atoms with Gasteiger partial charge in [0, 0.05) is 39.1 Å². The zero-order valence-electron chi connectivity index (χ0n) is 38.6. The molecular weight excluding hydrogens is 865 g/mol. The molecular formula is C67H44N2O2. The van der Waals surface area contributed by atoms with Gasteiger partial charge in [-0.05, 0) is 129 Å². The van der Waals surface area contributed by atoms with Crippen molar-refractivity contribution in [3.63, 3.8) is 0 Å². The lowest BCUT2D eigenvalue weighted by Crippen LogP contribution is -2.28. The van der Waals surface area contributed by atoms with Crippen molar-refractivity contribution in [3.8, 4) is 62.1 Å². The second-order valence-corrected chi connectivity index (χ2v) is 18.4. The molecule has 1 atom stereocenters. The summed E-state index contributed by atoms with van der Waals surface area (Å²) >= 11 is 0. The van der Waals surface area contributed by atoms with Gasteiger partial charge in [0.15, 0.2) is 23.0 Å². The van der Waals surface area contributed by atoms with Gasteiger partial charge in [-0.25, -0.2) is 0 Å². The number of hydrogen-bond donors (Lipinski definition) is 0. The van der Waals surface area contributed by atoms with Crippen LogP contribution in [0.5, 0.6) is 23.0 Å². The van der Waals surface area contributed by atoms with Gasteiger partial charge in [0.25, 0.3) is 0 Å².